The van der Waals surface area contributed by atoms with E-state index in [9.17, 15) is 8.42 Å². The Balaban J connectivity index is 2.41. The summed E-state index contributed by atoms with van der Waals surface area (Å²) < 4.78 is 26.9. The second kappa shape index (κ2) is 5.47. The van der Waals surface area contributed by atoms with Crippen LogP contribution < -0.4 is 10.5 Å². The molecule has 0 radical (unpaired) electrons. The van der Waals surface area contributed by atoms with Crippen LogP contribution in [-0.2, 0) is 10.0 Å². The van der Waals surface area contributed by atoms with E-state index in [2.05, 4.69) is 9.71 Å². The molecule has 0 bridgehead atoms. The number of hydrogen-bond donors (Lipinski definition) is 2. The zero-order valence-electron chi connectivity index (χ0n) is 10.4. The molecule has 0 fully saturated rings. The van der Waals surface area contributed by atoms with E-state index in [1.165, 1.54) is 30.5 Å². The number of nitrogens with two attached hydrogens (primary N) is 1. The van der Waals surface area contributed by atoms with Gasteiger partial charge in [-0.05, 0) is 36.8 Å². The zero-order chi connectivity index (χ0) is 14.9. The summed E-state index contributed by atoms with van der Waals surface area (Å²) in [5, 5.41) is 0.477. The first kappa shape index (κ1) is 14.9. The largest absolute Gasteiger partial charge is 0.398 e. The highest BCUT2D eigenvalue weighted by Crippen LogP contribution is 2.27. The molecule has 1 aromatic carbocycles. The molecule has 0 aliphatic heterocycles. The maximum Gasteiger partial charge on any atom is 0.262 e. The number of halogens is 2. The van der Waals surface area contributed by atoms with Crippen LogP contribution in [0.15, 0.2) is 35.4 Å². The molecule has 0 spiro atoms. The molecular formula is C12H11Cl2N3O2S. The van der Waals surface area contributed by atoms with Crippen LogP contribution in [-0.4, -0.2) is 13.4 Å². The summed E-state index contributed by atoms with van der Waals surface area (Å²) in [5.74, 6) is 0. The van der Waals surface area contributed by atoms with Gasteiger partial charge in [0.1, 0.15) is 5.15 Å². The first-order valence-electron chi connectivity index (χ1n) is 5.49. The van der Waals surface area contributed by atoms with E-state index in [0.29, 0.717) is 16.9 Å². The molecular weight excluding hydrogens is 321 g/mol. The monoisotopic (exact) mass is 331 g/mol. The summed E-state index contributed by atoms with van der Waals surface area (Å²) in [6, 6.07) is 5.59. The van der Waals surface area contributed by atoms with Gasteiger partial charge in [0.15, 0.2) is 0 Å². The molecule has 0 aliphatic carbocycles. The number of nitrogens with one attached hydrogen (secondary N) is 1. The molecule has 1 heterocycles. The van der Waals surface area contributed by atoms with Gasteiger partial charge in [-0.1, -0.05) is 23.2 Å². The van der Waals surface area contributed by atoms with Crippen LogP contribution in [0.4, 0.5) is 11.4 Å². The number of benzene rings is 1. The number of nitrogen functional groups attached to an aromatic ring is 1. The third-order valence-corrected chi connectivity index (χ3v) is 4.61. The number of nitrogens with zero attached hydrogens (tertiary/aromatic N) is 1. The van der Waals surface area contributed by atoms with Crippen LogP contribution in [0.1, 0.15) is 5.56 Å². The van der Waals surface area contributed by atoms with Gasteiger partial charge in [-0.25, -0.2) is 13.4 Å². The maximum absolute atomic E-state index is 12.2. The molecule has 5 nitrogen and oxygen atoms in total. The van der Waals surface area contributed by atoms with E-state index < -0.39 is 10.0 Å². The first-order valence-corrected chi connectivity index (χ1v) is 7.73. The fraction of sp³-hybridized carbons (Fsp3) is 0.0833. The third-order valence-electron chi connectivity index (χ3n) is 2.65. The van der Waals surface area contributed by atoms with Gasteiger partial charge in [0.2, 0.25) is 0 Å². The number of hydrogen-bond acceptors (Lipinski definition) is 4. The highest BCUT2D eigenvalue weighted by molar-refractivity contribution is 7.92. The fourth-order valence-electron chi connectivity index (χ4n) is 1.51. The van der Waals surface area contributed by atoms with Gasteiger partial charge < -0.3 is 5.73 Å². The van der Waals surface area contributed by atoms with Gasteiger partial charge in [0.25, 0.3) is 10.0 Å². The molecule has 0 saturated carbocycles. The van der Waals surface area contributed by atoms with E-state index in [4.69, 9.17) is 28.9 Å². The topological polar surface area (TPSA) is 85.1 Å². The normalized spacial score (nSPS) is 11.3. The molecule has 2 rings (SSSR count). The Kier molecular flexibility index (Phi) is 4.08. The number of pyridine rings is 1. The maximum atomic E-state index is 12.2. The number of anilines is 2. The second-order valence-corrected chi connectivity index (χ2v) is 6.57. The van der Waals surface area contributed by atoms with Crippen LogP contribution >= 0.6 is 23.2 Å². The van der Waals surface area contributed by atoms with Crippen LogP contribution in [0.3, 0.4) is 0 Å². The van der Waals surface area contributed by atoms with E-state index in [-0.39, 0.29) is 15.1 Å². The summed E-state index contributed by atoms with van der Waals surface area (Å²) in [6.45, 7) is 1.71. The molecule has 8 heteroatoms. The lowest BCUT2D eigenvalue weighted by molar-refractivity contribution is 0.601. The Labute approximate surface area is 126 Å². The Morgan fingerprint density at radius 1 is 1.25 bits per heavy atom. The lowest BCUT2D eigenvalue weighted by Crippen LogP contribution is -2.13. The smallest absolute Gasteiger partial charge is 0.262 e. The van der Waals surface area contributed by atoms with Crippen molar-refractivity contribution in [1.29, 1.82) is 0 Å². The van der Waals surface area contributed by atoms with Gasteiger partial charge in [-0.3, -0.25) is 4.72 Å². The number of sulfonamides is 1. The minimum absolute atomic E-state index is 0.0152. The third kappa shape index (κ3) is 3.15. The van der Waals surface area contributed by atoms with Crippen molar-refractivity contribution in [2.45, 2.75) is 11.8 Å². The van der Waals surface area contributed by atoms with Crippen molar-refractivity contribution < 1.29 is 8.42 Å². The Hall–Kier alpha value is -1.50. The van der Waals surface area contributed by atoms with Crippen LogP contribution in [0.5, 0.6) is 0 Å². The van der Waals surface area contributed by atoms with Gasteiger partial charge in [-0.2, -0.15) is 0 Å². The van der Waals surface area contributed by atoms with Gasteiger partial charge in [0, 0.05) is 16.9 Å². The van der Waals surface area contributed by atoms with E-state index in [0.717, 1.165) is 0 Å². The SMILES string of the molecule is Cc1c(N)cc(S(=O)(=O)Nc2ccnc(Cl)c2)cc1Cl. The van der Waals surface area contributed by atoms with Crippen molar-refractivity contribution in [1.82, 2.24) is 4.98 Å². The minimum atomic E-state index is -3.79. The molecule has 0 atom stereocenters. The Morgan fingerprint density at radius 3 is 2.55 bits per heavy atom. The lowest BCUT2D eigenvalue weighted by atomic mass is 10.2. The van der Waals surface area contributed by atoms with Crippen molar-refractivity contribution in [3.63, 3.8) is 0 Å². The summed E-state index contributed by atoms with van der Waals surface area (Å²) in [7, 11) is -3.79. The summed E-state index contributed by atoms with van der Waals surface area (Å²) in [4.78, 5) is 3.76. The van der Waals surface area contributed by atoms with E-state index in [1.54, 1.807) is 6.92 Å². The quantitative estimate of drug-likeness (QED) is 0.668. The van der Waals surface area contributed by atoms with E-state index in [1.807, 2.05) is 0 Å². The summed E-state index contributed by atoms with van der Waals surface area (Å²) in [5.41, 5.74) is 6.98. The highest BCUT2D eigenvalue weighted by atomic mass is 35.5. The molecule has 3 N–H and O–H groups in total. The van der Waals surface area contributed by atoms with Crippen molar-refractivity contribution in [3.05, 3.63) is 46.2 Å². The Morgan fingerprint density at radius 2 is 1.95 bits per heavy atom. The number of aromatic nitrogens is 1. The number of rotatable bonds is 3. The zero-order valence-corrected chi connectivity index (χ0v) is 12.7. The predicted octanol–water partition coefficient (Wildman–Crippen LogP) is 3.08. The van der Waals surface area contributed by atoms with Crippen LogP contribution in [0, 0.1) is 6.92 Å². The minimum Gasteiger partial charge on any atom is -0.398 e. The van der Waals surface area contributed by atoms with Crippen molar-refractivity contribution in [3.8, 4) is 0 Å². The molecule has 106 valence electrons. The molecule has 0 amide bonds. The van der Waals surface area contributed by atoms with Gasteiger partial charge in [-0.15, -0.1) is 0 Å². The van der Waals surface area contributed by atoms with Crippen LogP contribution in [0.25, 0.3) is 0 Å². The molecule has 0 saturated heterocycles. The standard InChI is InChI=1S/C12H11Cl2N3O2S/c1-7-10(13)5-9(6-11(7)15)20(18,19)17-8-2-3-16-12(14)4-8/h2-6H,15H2,1H3,(H,16,17). The van der Waals surface area contributed by atoms with Crippen molar-refractivity contribution >= 4 is 44.6 Å². The first-order chi connectivity index (χ1) is 9.29. The molecule has 1 aromatic heterocycles. The van der Waals surface area contributed by atoms with E-state index >= 15 is 0 Å². The summed E-state index contributed by atoms with van der Waals surface area (Å²) in [6.07, 6.45) is 1.40. The highest BCUT2D eigenvalue weighted by Gasteiger charge is 2.17. The molecule has 20 heavy (non-hydrogen) atoms. The Bertz CT molecular complexity index is 740. The predicted molar refractivity (Wildman–Crippen MR) is 80.7 cm³/mol. The molecule has 2 aromatic rings. The second-order valence-electron chi connectivity index (χ2n) is 4.09. The molecule has 0 aliphatic rings. The summed E-state index contributed by atoms with van der Waals surface area (Å²) >= 11 is 11.7. The fourth-order valence-corrected chi connectivity index (χ4v) is 3.08. The van der Waals surface area contributed by atoms with Crippen LogP contribution in [0.2, 0.25) is 10.2 Å². The molecule has 0 unspecified atom stereocenters. The lowest BCUT2D eigenvalue weighted by Gasteiger charge is -2.11. The van der Waals surface area contributed by atoms with Gasteiger partial charge in [0.05, 0.1) is 10.6 Å². The van der Waals surface area contributed by atoms with Gasteiger partial charge >= 0.3 is 0 Å². The average molecular weight is 332 g/mol. The van der Waals surface area contributed by atoms with Crippen molar-refractivity contribution in [2.24, 2.45) is 0 Å². The van der Waals surface area contributed by atoms with Crippen molar-refractivity contribution in [2.75, 3.05) is 10.5 Å². The average Bonchev–Trinajstić information content (AvgIpc) is 2.34.